The van der Waals surface area contributed by atoms with Gasteiger partial charge in [0, 0.05) is 6.42 Å². The first-order valence-electron chi connectivity index (χ1n) is 4.38. The molecule has 0 radical (unpaired) electrons. The van der Waals surface area contributed by atoms with Crippen LogP contribution in [0.1, 0.15) is 12.8 Å². The molecular weight excluding hydrogens is 158 g/mol. The van der Waals surface area contributed by atoms with Gasteiger partial charge in [0.1, 0.15) is 12.1 Å². The predicted octanol–water partition coefficient (Wildman–Crippen LogP) is -0.320. The largest absolute Gasteiger partial charge is 0.459 e. The summed E-state index contributed by atoms with van der Waals surface area (Å²) in [7, 11) is 0. The highest BCUT2D eigenvalue weighted by atomic mass is 16.6. The molecule has 0 spiro atoms. The lowest BCUT2D eigenvalue weighted by atomic mass is 10.1. The zero-order valence-corrected chi connectivity index (χ0v) is 6.91. The summed E-state index contributed by atoms with van der Waals surface area (Å²) < 4.78 is 10.3. The lowest BCUT2D eigenvalue weighted by Crippen LogP contribution is -2.50. The molecule has 0 saturated carbocycles. The average Bonchev–Trinajstić information content (AvgIpc) is 2.34. The van der Waals surface area contributed by atoms with E-state index in [1.807, 2.05) is 0 Å². The number of ether oxygens (including phenoxy) is 2. The van der Waals surface area contributed by atoms with Gasteiger partial charge in [-0.15, -0.1) is 0 Å². The van der Waals surface area contributed by atoms with Crippen LogP contribution in [-0.4, -0.2) is 37.9 Å². The van der Waals surface area contributed by atoms with Gasteiger partial charge in [0.15, 0.2) is 0 Å². The Morgan fingerprint density at radius 2 is 2.33 bits per heavy atom. The molecule has 0 aromatic carbocycles. The quantitative estimate of drug-likeness (QED) is 0.578. The molecule has 0 aliphatic carbocycles. The van der Waals surface area contributed by atoms with Gasteiger partial charge in [-0.05, 0) is 13.0 Å². The summed E-state index contributed by atoms with van der Waals surface area (Å²) in [5, 5.41) is 3.00. The standard InChI is InChI=1S/C8H13NO3/c10-8(7-1-3-9-7)12-6-2-4-11-5-6/h6-7,9H,1-5H2. The van der Waals surface area contributed by atoms with Gasteiger partial charge < -0.3 is 14.8 Å². The van der Waals surface area contributed by atoms with Gasteiger partial charge in [0.05, 0.1) is 13.2 Å². The monoisotopic (exact) mass is 171 g/mol. The van der Waals surface area contributed by atoms with E-state index in [2.05, 4.69) is 5.32 Å². The van der Waals surface area contributed by atoms with Crippen molar-refractivity contribution >= 4 is 5.97 Å². The van der Waals surface area contributed by atoms with E-state index >= 15 is 0 Å². The zero-order chi connectivity index (χ0) is 8.39. The summed E-state index contributed by atoms with van der Waals surface area (Å²) in [5.41, 5.74) is 0. The first-order valence-corrected chi connectivity index (χ1v) is 4.38. The van der Waals surface area contributed by atoms with Crippen molar-refractivity contribution in [3.05, 3.63) is 0 Å². The third-order valence-corrected chi connectivity index (χ3v) is 2.28. The van der Waals surface area contributed by atoms with Crippen molar-refractivity contribution in [2.45, 2.75) is 25.0 Å². The van der Waals surface area contributed by atoms with Crippen LogP contribution in [0.25, 0.3) is 0 Å². The van der Waals surface area contributed by atoms with Crippen molar-refractivity contribution in [3.63, 3.8) is 0 Å². The summed E-state index contributed by atoms with van der Waals surface area (Å²) in [6, 6.07) is -0.0504. The van der Waals surface area contributed by atoms with Gasteiger partial charge in [-0.2, -0.15) is 0 Å². The molecule has 2 atom stereocenters. The van der Waals surface area contributed by atoms with Crippen LogP contribution in [0, 0.1) is 0 Å². The van der Waals surface area contributed by atoms with Gasteiger partial charge in [-0.1, -0.05) is 0 Å². The smallest absolute Gasteiger partial charge is 0.323 e. The number of hydrogen-bond acceptors (Lipinski definition) is 4. The Bertz CT molecular complexity index is 173. The Morgan fingerprint density at radius 3 is 2.83 bits per heavy atom. The Labute approximate surface area is 71.2 Å². The van der Waals surface area contributed by atoms with E-state index in [4.69, 9.17) is 9.47 Å². The van der Waals surface area contributed by atoms with Crippen LogP contribution in [0.5, 0.6) is 0 Å². The maximum absolute atomic E-state index is 11.2. The SMILES string of the molecule is O=C(OC1CCOC1)C1CCN1. The van der Waals surface area contributed by atoms with Crippen LogP contribution in [0.4, 0.5) is 0 Å². The Hall–Kier alpha value is -0.610. The first kappa shape index (κ1) is 8.01. The topological polar surface area (TPSA) is 47.6 Å². The Kier molecular flexibility index (Phi) is 2.28. The van der Waals surface area contributed by atoms with E-state index in [1.54, 1.807) is 0 Å². The molecule has 2 aliphatic heterocycles. The molecule has 1 N–H and O–H groups in total. The zero-order valence-electron chi connectivity index (χ0n) is 6.91. The molecule has 4 nitrogen and oxygen atoms in total. The van der Waals surface area contributed by atoms with Crippen LogP contribution in [-0.2, 0) is 14.3 Å². The molecule has 0 amide bonds. The Balaban J connectivity index is 1.73. The Morgan fingerprint density at radius 1 is 1.50 bits per heavy atom. The minimum Gasteiger partial charge on any atom is -0.459 e. The molecule has 4 heteroatoms. The van der Waals surface area contributed by atoms with Crippen molar-refractivity contribution in [1.29, 1.82) is 0 Å². The fourth-order valence-electron chi connectivity index (χ4n) is 1.34. The summed E-state index contributed by atoms with van der Waals surface area (Å²) in [6.45, 7) is 2.22. The van der Waals surface area contributed by atoms with E-state index in [1.165, 1.54) is 0 Å². The summed E-state index contributed by atoms with van der Waals surface area (Å²) in [4.78, 5) is 11.2. The van der Waals surface area contributed by atoms with Crippen molar-refractivity contribution in [1.82, 2.24) is 5.32 Å². The van der Waals surface area contributed by atoms with Crippen LogP contribution in [0.15, 0.2) is 0 Å². The number of rotatable bonds is 2. The van der Waals surface area contributed by atoms with E-state index < -0.39 is 0 Å². The molecule has 0 bridgehead atoms. The molecule has 0 aromatic rings. The second kappa shape index (κ2) is 3.41. The van der Waals surface area contributed by atoms with Crippen LogP contribution < -0.4 is 5.32 Å². The van der Waals surface area contributed by atoms with Gasteiger partial charge in [-0.3, -0.25) is 4.79 Å². The third kappa shape index (κ3) is 1.59. The number of nitrogens with one attached hydrogen (secondary N) is 1. The third-order valence-electron chi connectivity index (χ3n) is 2.28. The fraction of sp³-hybridized carbons (Fsp3) is 0.875. The minimum absolute atomic E-state index is 0.0000926. The molecule has 2 unspecified atom stereocenters. The molecule has 2 aliphatic rings. The highest BCUT2D eigenvalue weighted by Crippen LogP contribution is 2.11. The predicted molar refractivity (Wildman–Crippen MR) is 41.7 cm³/mol. The second-order valence-electron chi connectivity index (χ2n) is 3.22. The number of carbonyl (C=O) groups excluding carboxylic acids is 1. The molecule has 68 valence electrons. The van der Waals surface area contributed by atoms with Gasteiger partial charge in [-0.25, -0.2) is 0 Å². The van der Waals surface area contributed by atoms with Gasteiger partial charge in [0.25, 0.3) is 0 Å². The maximum Gasteiger partial charge on any atom is 0.323 e. The lowest BCUT2D eigenvalue weighted by molar-refractivity contribution is -0.153. The normalized spacial score (nSPS) is 34.3. The maximum atomic E-state index is 11.2. The van der Waals surface area contributed by atoms with Crippen molar-refractivity contribution in [3.8, 4) is 0 Å². The van der Waals surface area contributed by atoms with Crippen molar-refractivity contribution in [2.24, 2.45) is 0 Å². The number of carbonyl (C=O) groups is 1. The molecule has 2 rings (SSSR count). The lowest BCUT2D eigenvalue weighted by Gasteiger charge is -2.26. The second-order valence-corrected chi connectivity index (χ2v) is 3.22. The minimum atomic E-state index is -0.114. The average molecular weight is 171 g/mol. The molecule has 0 aromatic heterocycles. The van der Waals surface area contributed by atoms with E-state index in [0.717, 1.165) is 26.0 Å². The molecule has 2 heterocycles. The highest BCUT2D eigenvalue weighted by Gasteiger charge is 2.29. The molecule has 2 saturated heterocycles. The number of esters is 1. The van der Waals surface area contributed by atoms with Gasteiger partial charge >= 0.3 is 5.97 Å². The number of hydrogen-bond donors (Lipinski definition) is 1. The first-order chi connectivity index (χ1) is 5.86. The van der Waals surface area contributed by atoms with Crippen LogP contribution in [0.3, 0.4) is 0 Å². The fourth-order valence-corrected chi connectivity index (χ4v) is 1.34. The van der Waals surface area contributed by atoms with Crippen molar-refractivity contribution < 1.29 is 14.3 Å². The molecular formula is C8H13NO3. The van der Waals surface area contributed by atoms with E-state index in [9.17, 15) is 4.79 Å². The molecule has 2 fully saturated rings. The summed E-state index contributed by atoms with van der Waals surface area (Å²) >= 11 is 0. The van der Waals surface area contributed by atoms with E-state index in [0.29, 0.717) is 6.61 Å². The molecule has 12 heavy (non-hydrogen) atoms. The van der Waals surface area contributed by atoms with E-state index in [-0.39, 0.29) is 18.1 Å². The summed E-state index contributed by atoms with van der Waals surface area (Å²) in [6.07, 6.45) is 1.75. The van der Waals surface area contributed by atoms with Crippen LogP contribution in [0.2, 0.25) is 0 Å². The van der Waals surface area contributed by atoms with Gasteiger partial charge in [0.2, 0.25) is 0 Å². The van der Waals surface area contributed by atoms with Crippen LogP contribution >= 0.6 is 0 Å². The summed E-state index contributed by atoms with van der Waals surface area (Å²) in [5.74, 6) is -0.114. The highest BCUT2D eigenvalue weighted by molar-refractivity contribution is 5.76. The van der Waals surface area contributed by atoms with Crippen molar-refractivity contribution in [2.75, 3.05) is 19.8 Å².